The molecule has 0 aliphatic heterocycles. The first-order valence-corrected chi connectivity index (χ1v) is 4.67. The van der Waals surface area contributed by atoms with E-state index < -0.39 is 0 Å². The molecular weight excluding hydrogens is 206 g/mol. The van der Waals surface area contributed by atoms with Crippen LogP contribution in [-0.2, 0) is 0 Å². The number of hydrogen-bond acceptors (Lipinski definition) is 7. The maximum absolute atomic E-state index is 4.17. The van der Waals surface area contributed by atoms with E-state index in [1.54, 1.807) is 8.83 Å². The van der Waals surface area contributed by atoms with Gasteiger partial charge in [-0.3, -0.25) is 0 Å². The number of thiol groups is 2. The molecule has 0 aromatic rings. The Balaban J connectivity index is 3.92. The van der Waals surface area contributed by atoms with Gasteiger partial charge in [0.25, 0.3) is 0 Å². The predicted molar refractivity (Wildman–Crippen MR) is 61.7 cm³/mol. The third-order valence-electron chi connectivity index (χ3n) is 1.82. The van der Waals surface area contributed by atoms with E-state index in [0.717, 1.165) is 6.67 Å². The molecule has 0 aromatic heterocycles. The van der Waals surface area contributed by atoms with Gasteiger partial charge in [0.15, 0.2) is 0 Å². The molecule has 5 nitrogen and oxygen atoms in total. The zero-order valence-corrected chi connectivity index (χ0v) is 10.6. The minimum Gasteiger partial charge on any atom is -0.220 e. The quantitative estimate of drug-likeness (QED) is 0.389. The molecule has 7 heteroatoms. The fourth-order valence-corrected chi connectivity index (χ4v) is 0.893. The maximum Gasteiger partial charge on any atom is 0.0802 e. The largest absolute Gasteiger partial charge is 0.220 e. The molecule has 0 amide bonds. The topological polar surface area (TPSA) is 16.2 Å². The third-order valence-corrected chi connectivity index (χ3v) is 2.38. The lowest BCUT2D eigenvalue weighted by Crippen LogP contribution is -2.49. The highest BCUT2D eigenvalue weighted by Gasteiger charge is 2.11. The number of rotatable bonds is 5. The first-order valence-electron chi connectivity index (χ1n) is 3.87. The summed E-state index contributed by atoms with van der Waals surface area (Å²) in [6.07, 6.45) is 0. The van der Waals surface area contributed by atoms with Crippen molar-refractivity contribution in [2.75, 3.05) is 41.9 Å². The molecule has 0 spiro atoms. The van der Waals surface area contributed by atoms with E-state index in [9.17, 15) is 0 Å². The Bertz CT molecular complexity index is 143. The molecule has 0 N–H and O–H groups in total. The molecule has 0 saturated carbocycles. The van der Waals surface area contributed by atoms with Crippen LogP contribution in [0, 0.1) is 0 Å². The highest BCUT2D eigenvalue weighted by Crippen LogP contribution is 2.01. The average Bonchev–Trinajstić information content (AvgIpc) is 2.02. The van der Waals surface area contributed by atoms with Gasteiger partial charge in [0.2, 0.25) is 0 Å². The van der Waals surface area contributed by atoms with E-state index in [-0.39, 0.29) is 0 Å². The van der Waals surface area contributed by atoms with Crippen molar-refractivity contribution in [3.8, 4) is 0 Å². The van der Waals surface area contributed by atoms with Gasteiger partial charge in [0, 0.05) is 35.2 Å². The first kappa shape index (κ1) is 13.5. The van der Waals surface area contributed by atoms with E-state index in [1.807, 2.05) is 50.4 Å². The lowest BCUT2D eigenvalue weighted by atomic mass is 10.9. The molecule has 0 unspecified atom stereocenters. The van der Waals surface area contributed by atoms with Gasteiger partial charge in [-0.05, 0) is 0 Å². The second kappa shape index (κ2) is 6.07. The second-order valence-corrected chi connectivity index (χ2v) is 4.08. The van der Waals surface area contributed by atoms with Crippen LogP contribution in [-0.4, -0.2) is 65.9 Å². The molecule has 0 aromatic carbocycles. The summed E-state index contributed by atoms with van der Waals surface area (Å²) in [4.78, 5) is 0. The van der Waals surface area contributed by atoms with Crippen LogP contribution >= 0.6 is 25.6 Å². The van der Waals surface area contributed by atoms with E-state index in [4.69, 9.17) is 0 Å². The molecule has 13 heavy (non-hydrogen) atoms. The summed E-state index contributed by atoms with van der Waals surface area (Å²) in [6, 6.07) is 0. The summed E-state index contributed by atoms with van der Waals surface area (Å²) in [5.41, 5.74) is 0. The molecule has 0 fully saturated rings. The van der Waals surface area contributed by atoms with Gasteiger partial charge >= 0.3 is 0 Å². The van der Waals surface area contributed by atoms with Gasteiger partial charge in [-0.25, -0.2) is 10.0 Å². The summed E-state index contributed by atoms with van der Waals surface area (Å²) in [5, 5.41) is 5.84. The summed E-state index contributed by atoms with van der Waals surface area (Å²) >= 11 is 8.34. The van der Waals surface area contributed by atoms with Gasteiger partial charge in [0.1, 0.15) is 0 Å². The SMILES string of the molecule is CN(S)N(C)CN(C)N(C)N(C)S. The second-order valence-electron chi connectivity index (χ2n) is 2.93. The Labute approximate surface area is 91.9 Å². The van der Waals surface area contributed by atoms with Crippen molar-refractivity contribution < 1.29 is 0 Å². The highest BCUT2D eigenvalue weighted by molar-refractivity contribution is 7.77. The van der Waals surface area contributed by atoms with Crippen LogP contribution in [0.3, 0.4) is 0 Å². The molecular formula is C6H19N5S2. The minimum atomic E-state index is 0.737. The lowest BCUT2D eigenvalue weighted by molar-refractivity contribution is -0.122. The van der Waals surface area contributed by atoms with Gasteiger partial charge in [0.05, 0.1) is 6.67 Å². The van der Waals surface area contributed by atoms with Gasteiger partial charge < -0.3 is 0 Å². The van der Waals surface area contributed by atoms with Gasteiger partial charge in [-0.1, -0.05) is 25.6 Å². The fourth-order valence-electron chi connectivity index (χ4n) is 0.700. The Morgan fingerprint density at radius 2 is 1.23 bits per heavy atom. The molecule has 0 heterocycles. The van der Waals surface area contributed by atoms with Crippen LogP contribution in [0.2, 0.25) is 0 Å². The van der Waals surface area contributed by atoms with Crippen LogP contribution in [0.5, 0.6) is 0 Å². The van der Waals surface area contributed by atoms with Gasteiger partial charge in [-0.2, -0.15) is 13.9 Å². The zero-order valence-electron chi connectivity index (χ0n) is 8.84. The molecule has 0 rings (SSSR count). The van der Waals surface area contributed by atoms with E-state index in [2.05, 4.69) is 25.6 Å². The normalized spacial score (nSPS) is 12.9. The minimum absolute atomic E-state index is 0.737. The predicted octanol–water partition coefficient (Wildman–Crippen LogP) is 0.0375. The van der Waals surface area contributed by atoms with Crippen LogP contribution < -0.4 is 0 Å². The lowest BCUT2D eigenvalue weighted by Gasteiger charge is -2.35. The van der Waals surface area contributed by atoms with Crippen LogP contribution in [0.15, 0.2) is 0 Å². The fraction of sp³-hybridized carbons (Fsp3) is 1.00. The van der Waals surface area contributed by atoms with Crippen molar-refractivity contribution in [1.29, 1.82) is 0 Å². The van der Waals surface area contributed by atoms with Crippen molar-refractivity contribution >= 4 is 25.6 Å². The molecule has 0 radical (unpaired) electrons. The molecule has 80 valence electrons. The third kappa shape index (κ3) is 5.06. The van der Waals surface area contributed by atoms with Crippen LogP contribution in [0.1, 0.15) is 0 Å². The maximum atomic E-state index is 4.17. The van der Waals surface area contributed by atoms with Crippen molar-refractivity contribution in [3.05, 3.63) is 0 Å². The molecule has 0 aliphatic carbocycles. The van der Waals surface area contributed by atoms with E-state index in [0.29, 0.717) is 0 Å². The van der Waals surface area contributed by atoms with Gasteiger partial charge in [-0.15, -0.1) is 0 Å². The Morgan fingerprint density at radius 1 is 0.769 bits per heavy atom. The van der Waals surface area contributed by atoms with Crippen molar-refractivity contribution in [2.45, 2.75) is 0 Å². The Hall–Kier alpha value is 0.500. The molecule has 0 aliphatic rings. The van der Waals surface area contributed by atoms with Crippen LogP contribution in [0.25, 0.3) is 0 Å². The first-order chi connectivity index (χ1) is 5.86. The summed E-state index contributed by atoms with van der Waals surface area (Å²) < 4.78 is 3.43. The van der Waals surface area contributed by atoms with E-state index in [1.165, 1.54) is 0 Å². The Morgan fingerprint density at radius 3 is 1.54 bits per heavy atom. The zero-order chi connectivity index (χ0) is 10.6. The Kier molecular flexibility index (Phi) is 6.31. The van der Waals surface area contributed by atoms with E-state index >= 15 is 0 Å². The number of hydrogen-bond donors (Lipinski definition) is 2. The van der Waals surface area contributed by atoms with Crippen molar-refractivity contribution in [1.82, 2.24) is 24.0 Å². The monoisotopic (exact) mass is 225 g/mol. The van der Waals surface area contributed by atoms with Crippen LogP contribution in [0.4, 0.5) is 0 Å². The summed E-state index contributed by atoms with van der Waals surface area (Å²) in [7, 11) is 9.60. The van der Waals surface area contributed by atoms with Crippen molar-refractivity contribution in [3.63, 3.8) is 0 Å². The number of hydrazine groups is 3. The van der Waals surface area contributed by atoms with Crippen molar-refractivity contribution in [2.24, 2.45) is 0 Å². The summed E-state index contributed by atoms with van der Waals surface area (Å²) in [5.74, 6) is 0. The molecule has 0 bridgehead atoms. The molecule has 0 saturated heterocycles. The number of nitrogens with zero attached hydrogens (tertiary/aromatic N) is 5. The standard InChI is InChI=1S/C6H19N5S2/c1-7(9(3)11(5)13)6-8(2)10(4)12/h12-13H,6H2,1-5H3. The average molecular weight is 225 g/mol. The smallest absolute Gasteiger partial charge is 0.0802 e. The highest BCUT2D eigenvalue weighted by atomic mass is 32.1. The molecule has 0 atom stereocenters. The summed E-state index contributed by atoms with van der Waals surface area (Å²) in [6.45, 7) is 0.737.